The first-order valence-electron chi connectivity index (χ1n) is 4.47. The number of anilines is 1. The van der Waals surface area contributed by atoms with Crippen LogP contribution in [-0.4, -0.2) is 9.55 Å². The Kier molecular flexibility index (Phi) is 4.39. The molecule has 0 aliphatic rings. The molecule has 0 saturated carbocycles. The fourth-order valence-corrected chi connectivity index (χ4v) is 1.23. The summed E-state index contributed by atoms with van der Waals surface area (Å²) in [4.78, 5) is 15.5. The van der Waals surface area contributed by atoms with Gasteiger partial charge in [0.05, 0.1) is 0 Å². The maximum atomic E-state index is 11.4. The first-order chi connectivity index (χ1) is 7.16. The summed E-state index contributed by atoms with van der Waals surface area (Å²) >= 11 is 0. The minimum absolute atomic E-state index is 0. The van der Waals surface area contributed by atoms with E-state index in [0.717, 1.165) is 5.56 Å². The Hall–Kier alpha value is -0.996. The second-order valence-electron chi connectivity index (χ2n) is 3.25. The van der Waals surface area contributed by atoms with Gasteiger partial charge in [0.2, 0.25) is 5.56 Å². The van der Waals surface area contributed by atoms with Crippen molar-refractivity contribution in [2.75, 3.05) is 5.73 Å². The molecule has 4 nitrogen and oxygen atoms in total. The van der Waals surface area contributed by atoms with Gasteiger partial charge in [-0.2, -0.15) is 6.07 Å². The molecule has 79 valence electrons. The number of hydrogen-bond donors (Lipinski definition) is 1. The summed E-state index contributed by atoms with van der Waals surface area (Å²) in [7, 11) is 1.70. The molecule has 0 spiro atoms. The smallest absolute Gasteiger partial charge is 0.249 e. The van der Waals surface area contributed by atoms with E-state index in [4.69, 9.17) is 5.73 Å². The SMILES string of the molecule is Cn1ccc(-c2c[c-]c(N)cn2)cc1=O.[Y]. The third-order valence-corrected chi connectivity index (χ3v) is 2.12. The quantitative estimate of drug-likeness (QED) is 0.791. The van der Waals surface area contributed by atoms with Crippen LogP contribution in [0.25, 0.3) is 11.3 Å². The number of rotatable bonds is 1. The number of aromatic nitrogens is 2. The van der Waals surface area contributed by atoms with Crippen LogP contribution in [-0.2, 0) is 39.8 Å². The summed E-state index contributed by atoms with van der Waals surface area (Å²) in [6, 6.07) is 7.87. The topological polar surface area (TPSA) is 60.9 Å². The number of aryl methyl sites for hydroxylation is 1. The van der Waals surface area contributed by atoms with Crippen molar-refractivity contribution < 1.29 is 32.7 Å². The molecular formula is C11H10N3OY-. The van der Waals surface area contributed by atoms with Gasteiger partial charge in [0.15, 0.2) is 0 Å². The summed E-state index contributed by atoms with van der Waals surface area (Å²) in [6.45, 7) is 0. The number of nitrogens with zero attached hydrogens (tertiary/aromatic N) is 2. The van der Waals surface area contributed by atoms with Gasteiger partial charge in [-0.05, 0) is 17.3 Å². The van der Waals surface area contributed by atoms with Crippen LogP contribution in [0.5, 0.6) is 0 Å². The molecule has 0 fully saturated rings. The van der Waals surface area contributed by atoms with Crippen LogP contribution in [0.2, 0.25) is 0 Å². The van der Waals surface area contributed by atoms with E-state index < -0.39 is 0 Å². The van der Waals surface area contributed by atoms with Crippen molar-refractivity contribution in [3.63, 3.8) is 0 Å². The van der Waals surface area contributed by atoms with Crippen molar-refractivity contribution in [1.82, 2.24) is 9.55 Å². The maximum absolute atomic E-state index is 11.4. The standard InChI is InChI=1S/C11H10N3O.Y/c1-14-5-4-8(6-11(14)15)10-3-2-9(12)7-13-10;/h3-7H,12H2,1H3;/q-1;. The average molecular weight is 289 g/mol. The molecule has 2 aromatic rings. The monoisotopic (exact) mass is 289 g/mol. The molecule has 5 heteroatoms. The number of hydrogen-bond acceptors (Lipinski definition) is 3. The van der Waals surface area contributed by atoms with Crippen LogP contribution < -0.4 is 11.3 Å². The van der Waals surface area contributed by atoms with E-state index in [1.165, 1.54) is 16.8 Å². The molecule has 2 aromatic heterocycles. The van der Waals surface area contributed by atoms with E-state index in [-0.39, 0.29) is 38.3 Å². The Bertz CT molecular complexity index is 534. The number of nitrogen functional groups attached to an aromatic ring is 1. The molecule has 2 N–H and O–H groups in total. The van der Waals surface area contributed by atoms with Crippen molar-refractivity contribution >= 4 is 5.69 Å². The zero-order valence-electron chi connectivity index (χ0n) is 8.84. The minimum atomic E-state index is -0.0638. The first kappa shape index (κ1) is 13.1. The predicted molar refractivity (Wildman–Crippen MR) is 58.2 cm³/mol. The normalized spacial score (nSPS) is 9.56. The Morgan fingerprint density at radius 1 is 1.50 bits per heavy atom. The van der Waals surface area contributed by atoms with E-state index >= 15 is 0 Å². The van der Waals surface area contributed by atoms with Gasteiger partial charge in [-0.1, -0.05) is 11.9 Å². The van der Waals surface area contributed by atoms with Gasteiger partial charge in [0.25, 0.3) is 0 Å². The molecule has 1 radical (unpaired) electrons. The average Bonchev–Trinajstić information content (AvgIpc) is 2.23. The summed E-state index contributed by atoms with van der Waals surface area (Å²) in [5.74, 6) is 0. The van der Waals surface area contributed by atoms with Crippen molar-refractivity contribution in [3.8, 4) is 11.3 Å². The van der Waals surface area contributed by atoms with Crippen LogP contribution in [0.15, 0.2) is 35.4 Å². The molecule has 0 atom stereocenters. The Morgan fingerprint density at radius 2 is 2.25 bits per heavy atom. The fraction of sp³-hybridized carbons (Fsp3) is 0.0909. The molecule has 2 rings (SSSR count). The van der Waals surface area contributed by atoms with Gasteiger partial charge in [-0.3, -0.25) is 4.79 Å². The molecule has 0 saturated heterocycles. The van der Waals surface area contributed by atoms with Crippen molar-refractivity contribution in [2.45, 2.75) is 0 Å². The Labute approximate surface area is 118 Å². The summed E-state index contributed by atoms with van der Waals surface area (Å²) in [5.41, 5.74) is 7.37. The van der Waals surface area contributed by atoms with Crippen LogP contribution in [0.1, 0.15) is 0 Å². The van der Waals surface area contributed by atoms with Crippen LogP contribution in [0, 0.1) is 6.07 Å². The van der Waals surface area contributed by atoms with E-state index in [0.29, 0.717) is 11.4 Å². The second kappa shape index (κ2) is 5.37. The molecule has 0 unspecified atom stereocenters. The van der Waals surface area contributed by atoms with Gasteiger partial charge in [0.1, 0.15) is 0 Å². The predicted octanol–water partition coefficient (Wildman–Crippen LogP) is 0.827. The van der Waals surface area contributed by atoms with E-state index in [1.807, 2.05) is 6.07 Å². The molecule has 16 heavy (non-hydrogen) atoms. The molecular weight excluding hydrogens is 279 g/mol. The largest absolute Gasteiger partial charge is 0.418 e. The van der Waals surface area contributed by atoms with E-state index in [2.05, 4.69) is 11.1 Å². The minimum Gasteiger partial charge on any atom is -0.418 e. The van der Waals surface area contributed by atoms with Crippen molar-refractivity contribution in [1.29, 1.82) is 0 Å². The van der Waals surface area contributed by atoms with Crippen LogP contribution >= 0.6 is 0 Å². The van der Waals surface area contributed by atoms with Gasteiger partial charge in [0, 0.05) is 52.0 Å². The van der Waals surface area contributed by atoms with Crippen LogP contribution in [0.3, 0.4) is 0 Å². The van der Waals surface area contributed by atoms with Gasteiger partial charge >= 0.3 is 0 Å². The van der Waals surface area contributed by atoms with Gasteiger partial charge < -0.3 is 15.3 Å². The fourth-order valence-electron chi connectivity index (χ4n) is 1.23. The van der Waals surface area contributed by atoms with E-state index in [9.17, 15) is 4.79 Å². The van der Waals surface area contributed by atoms with Crippen LogP contribution in [0.4, 0.5) is 5.69 Å². The summed E-state index contributed by atoms with van der Waals surface area (Å²) in [6.07, 6.45) is 3.22. The number of pyridine rings is 2. The molecule has 0 aliphatic heterocycles. The third-order valence-electron chi connectivity index (χ3n) is 2.12. The maximum Gasteiger partial charge on any atom is 0.249 e. The zero-order chi connectivity index (χ0) is 10.8. The molecule has 2 heterocycles. The van der Waals surface area contributed by atoms with Crippen molar-refractivity contribution in [3.05, 3.63) is 47.0 Å². The zero-order valence-corrected chi connectivity index (χ0v) is 11.7. The summed E-state index contributed by atoms with van der Waals surface area (Å²) < 4.78 is 1.50. The molecule has 0 aromatic carbocycles. The summed E-state index contributed by atoms with van der Waals surface area (Å²) in [5, 5.41) is 0. The molecule has 0 amide bonds. The third kappa shape index (κ3) is 2.77. The number of nitrogens with two attached hydrogens (primary N) is 1. The Balaban J connectivity index is 0.00000128. The molecule has 0 aliphatic carbocycles. The van der Waals surface area contributed by atoms with Gasteiger partial charge in [-0.25, -0.2) is 0 Å². The first-order valence-corrected chi connectivity index (χ1v) is 4.47. The van der Waals surface area contributed by atoms with Gasteiger partial charge in [-0.15, -0.1) is 6.07 Å². The molecule has 0 bridgehead atoms. The second-order valence-corrected chi connectivity index (χ2v) is 3.25. The van der Waals surface area contributed by atoms with E-state index in [1.54, 1.807) is 19.3 Å². The Morgan fingerprint density at radius 3 is 2.81 bits per heavy atom. The van der Waals surface area contributed by atoms with Crippen molar-refractivity contribution in [2.24, 2.45) is 7.05 Å².